The Morgan fingerprint density at radius 1 is 1.26 bits per heavy atom. The molecule has 0 aliphatic heterocycles. The van der Waals surface area contributed by atoms with Crippen molar-refractivity contribution in [3.8, 4) is 0 Å². The molecule has 1 saturated carbocycles. The molecule has 1 heterocycles. The third-order valence-electron chi connectivity index (χ3n) is 4.18. The average Bonchev–Trinajstić information content (AvgIpc) is 3.07. The van der Waals surface area contributed by atoms with E-state index in [0.29, 0.717) is 12.4 Å². The zero-order valence-electron chi connectivity index (χ0n) is 11.4. The molecule has 0 spiro atoms. The van der Waals surface area contributed by atoms with Gasteiger partial charge in [0.05, 0.1) is 10.8 Å². The van der Waals surface area contributed by atoms with E-state index in [9.17, 15) is 0 Å². The van der Waals surface area contributed by atoms with Gasteiger partial charge >= 0.3 is 0 Å². The lowest BCUT2D eigenvalue weighted by Crippen LogP contribution is -2.23. The molecule has 1 aliphatic carbocycles. The quantitative estimate of drug-likeness (QED) is 0.913. The summed E-state index contributed by atoms with van der Waals surface area (Å²) in [6.45, 7) is 4.80. The Kier molecular flexibility index (Phi) is 2.71. The van der Waals surface area contributed by atoms with Crippen molar-refractivity contribution in [2.75, 3.05) is 6.54 Å². The monoisotopic (exact) mass is 257 g/mol. The minimum atomic E-state index is -0.256. The average molecular weight is 257 g/mol. The van der Waals surface area contributed by atoms with Gasteiger partial charge in [-0.1, -0.05) is 35.5 Å². The van der Waals surface area contributed by atoms with E-state index < -0.39 is 0 Å². The van der Waals surface area contributed by atoms with E-state index in [1.807, 2.05) is 18.2 Å². The van der Waals surface area contributed by atoms with Gasteiger partial charge in [-0.05, 0) is 32.3 Å². The number of benzene rings is 1. The van der Waals surface area contributed by atoms with Crippen molar-refractivity contribution in [2.24, 2.45) is 5.73 Å². The standard InChI is InChI=1S/C15H19N3O/c1-14(2,11-6-4-3-5-7-11)12-17-13(19-18-12)15(10-16)8-9-15/h3-7H,8-10,16H2,1-2H3. The van der Waals surface area contributed by atoms with Crippen LogP contribution in [0.1, 0.15) is 44.0 Å². The molecular formula is C15H19N3O. The number of rotatable bonds is 4. The molecule has 2 N–H and O–H groups in total. The van der Waals surface area contributed by atoms with Crippen LogP contribution in [-0.4, -0.2) is 16.7 Å². The van der Waals surface area contributed by atoms with E-state index in [-0.39, 0.29) is 10.8 Å². The van der Waals surface area contributed by atoms with Crippen molar-refractivity contribution in [1.82, 2.24) is 10.1 Å². The fourth-order valence-electron chi connectivity index (χ4n) is 2.33. The van der Waals surface area contributed by atoms with E-state index in [1.54, 1.807) is 0 Å². The summed E-state index contributed by atoms with van der Waals surface area (Å²) in [5.74, 6) is 1.43. The van der Waals surface area contributed by atoms with Gasteiger partial charge in [0.25, 0.3) is 0 Å². The predicted octanol–water partition coefficient (Wildman–Crippen LogP) is 2.39. The molecule has 0 radical (unpaired) electrons. The molecule has 0 saturated heterocycles. The van der Waals surface area contributed by atoms with Crippen LogP contribution in [0.5, 0.6) is 0 Å². The first-order chi connectivity index (χ1) is 9.08. The number of hydrogen-bond acceptors (Lipinski definition) is 4. The van der Waals surface area contributed by atoms with Gasteiger partial charge in [-0.3, -0.25) is 0 Å². The number of nitrogens with zero attached hydrogens (tertiary/aromatic N) is 2. The molecule has 2 aromatic rings. The Morgan fingerprint density at radius 3 is 2.53 bits per heavy atom. The Hall–Kier alpha value is -1.68. The molecule has 0 unspecified atom stereocenters. The van der Waals surface area contributed by atoms with Gasteiger partial charge in [-0.2, -0.15) is 4.98 Å². The molecule has 0 atom stereocenters. The second-order valence-electron chi connectivity index (χ2n) is 5.90. The predicted molar refractivity (Wildman–Crippen MR) is 72.8 cm³/mol. The molecule has 4 nitrogen and oxygen atoms in total. The minimum Gasteiger partial charge on any atom is -0.339 e. The van der Waals surface area contributed by atoms with Crippen molar-refractivity contribution in [3.63, 3.8) is 0 Å². The summed E-state index contributed by atoms with van der Waals surface area (Å²) >= 11 is 0. The smallest absolute Gasteiger partial charge is 0.234 e. The van der Waals surface area contributed by atoms with Crippen LogP contribution < -0.4 is 5.73 Å². The van der Waals surface area contributed by atoms with Crippen molar-refractivity contribution >= 4 is 0 Å². The van der Waals surface area contributed by atoms with Crippen LogP contribution in [0.3, 0.4) is 0 Å². The molecule has 1 aromatic carbocycles. The summed E-state index contributed by atoms with van der Waals surface area (Å²) in [5.41, 5.74) is 6.68. The van der Waals surface area contributed by atoms with Crippen molar-refractivity contribution in [3.05, 3.63) is 47.6 Å². The fraction of sp³-hybridized carbons (Fsp3) is 0.467. The molecule has 3 rings (SSSR count). The molecule has 19 heavy (non-hydrogen) atoms. The Labute approximate surface area is 113 Å². The fourth-order valence-corrected chi connectivity index (χ4v) is 2.33. The van der Waals surface area contributed by atoms with Gasteiger partial charge in [0.1, 0.15) is 0 Å². The first kappa shape index (κ1) is 12.4. The summed E-state index contributed by atoms with van der Waals surface area (Å²) in [4.78, 5) is 4.61. The SMILES string of the molecule is CC(C)(c1ccccc1)c1noc(C2(CN)CC2)n1. The van der Waals surface area contributed by atoms with E-state index in [1.165, 1.54) is 5.56 Å². The second kappa shape index (κ2) is 4.17. The van der Waals surface area contributed by atoms with Crippen LogP contribution in [0.4, 0.5) is 0 Å². The van der Waals surface area contributed by atoms with E-state index >= 15 is 0 Å². The van der Waals surface area contributed by atoms with E-state index in [4.69, 9.17) is 10.3 Å². The number of aromatic nitrogens is 2. The third-order valence-corrected chi connectivity index (χ3v) is 4.18. The molecule has 4 heteroatoms. The van der Waals surface area contributed by atoms with Gasteiger partial charge in [0.15, 0.2) is 5.82 Å². The maximum absolute atomic E-state index is 5.80. The number of hydrogen-bond donors (Lipinski definition) is 1. The van der Waals surface area contributed by atoms with Crippen molar-refractivity contribution in [1.29, 1.82) is 0 Å². The minimum absolute atomic E-state index is 0.0436. The van der Waals surface area contributed by atoms with Crippen molar-refractivity contribution < 1.29 is 4.52 Å². The molecule has 0 bridgehead atoms. The van der Waals surface area contributed by atoms with Crippen LogP contribution >= 0.6 is 0 Å². The maximum Gasteiger partial charge on any atom is 0.234 e. The summed E-state index contributed by atoms with van der Waals surface area (Å²) in [7, 11) is 0. The zero-order valence-corrected chi connectivity index (χ0v) is 11.4. The highest BCUT2D eigenvalue weighted by atomic mass is 16.5. The molecular weight excluding hydrogens is 238 g/mol. The maximum atomic E-state index is 5.80. The van der Waals surface area contributed by atoms with Gasteiger partial charge in [-0.25, -0.2) is 0 Å². The molecule has 1 aliphatic rings. The Morgan fingerprint density at radius 2 is 1.95 bits per heavy atom. The summed E-state index contributed by atoms with van der Waals surface area (Å²) < 4.78 is 5.45. The summed E-state index contributed by atoms with van der Waals surface area (Å²) in [6.07, 6.45) is 2.10. The van der Waals surface area contributed by atoms with Gasteiger partial charge in [0, 0.05) is 6.54 Å². The summed E-state index contributed by atoms with van der Waals surface area (Å²) in [6, 6.07) is 10.2. The van der Waals surface area contributed by atoms with Crippen LogP contribution in [0.2, 0.25) is 0 Å². The lowest BCUT2D eigenvalue weighted by Gasteiger charge is -2.20. The molecule has 0 amide bonds. The third kappa shape index (κ3) is 1.96. The van der Waals surface area contributed by atoms with Crippen LogP contribution in [-0.2, 0) is 10.8 Å². The molecule has 1 fully saturated rings. The Balaban J connectivity index is 1.94. The van der Waals surface area contributed by atoms with Gasteiger partial charge in [0.2, 0.25) is 5.89 Å². The topological polar surface area (TPSA) is 64.9 Å². The highest BCUT2D eigenvalue weighted by Crippen LogP contribution is 2.46. The second-order valence-corrected chi connectivity index (χ2v) is 5.90. The highest BCUT2D eigenvalue weighted by Gasteiger charge is 2.48. The van der Waals surface area contributed by atoms with Crippen LogP contribution in [0.25, 0.3) is 0 Å². The first-order valence-corrected chi connectivity index (χ1v) is 6.69. The largest absolute Gasteiger partial charge is 0.339 e. The number of nitrogens with two attached hydrogens (primary N) is 1. The zero-order chi connectivity index (χ0) is 13.5. The van der Waals surface area contributed by atoms with E-state index in [2.05, 4.69) is 36.1 Å². The van der Waals surface area contributed by atoms with Gasteiger partial charge < -0.3 is 10.3 Å². The van der Waals surface area contributed by atoms with Gasteiger partial charge in [-0.15, -0.1) is 0 Å². The van der Waals surface area contributed by atoms with Crippen LogP contribution in [0.15, 0.2) is 34.9 Å². The first-order valence-electron chi connectivity index (χ1n) is 6.69. The normalized spacial score (nSPS) is 17.4. The lowest BCUT2D eigenvalue weighted by molar-refractivity contribution is 0.339. The van der Waals surface area contributed by atoms with E-state index in [0.717, 1.165) is 18.7 Å². The Bertz CT molecular complexity index is 570. The highest BCUT2D eigenvalue weighted by molar-refractivity contribution is 5.31. The van der Waals surface area contributed by atoms with Crippen LogP contribution in [0, 0.1) is 0 Å². The molecule has 100 valence electrons. The van der Waals surface area contributed by atoms with Crippen molar-refractivity contribution in [2.45, 2.75) is 37.5 Å². The lowest BCUT2D eigenvalue weighted by atomic mass is 9.84. The molecule has 1 aromatic heterocycles. The summed E-state index contributed by atoms with van der Waals surface area (Å²) in [5, 5.41) is 4.18.